The van der Waals surface area contributed by atoms with Gasteiger partial charge < -0.3 is 14.7 Å². The molecule has 6 heteroatoms. The van der Waals surface area contributed by atoms with Crippen molar-refractivity contribution in [2.24, 2.45) is 0 Å². The molecule has 6 nitrogen and oxygen atoms in total. The Labute approximate surface area is 122 Å². The fourth-order valence-electron chi connectivity index (χ4n) is 2.55. The van der Waals surface area contributed by atoms with Gasteiger partial charge in [0.2, 0.25) is 5.91 Å². The maximum absolute atomic E-state index is 12.1. The van der Waals surface area contributed by atoms with Gasteiger partial charge in [-0.3, -0.25) is 4.79 Å². The second kappa shape index (κ2) is 6.37. The van der Waals surface area contributed by atoms with Crippen LogP contribution < -0.4 is 0 Å². The van der Waals surface area contributed by atoms with Crippen molar-refractivity contribution in [1.29, 1.82) is 5.26 Å². The SMILES string of the molecule is CCCN1C(=O)COC(C(=O)O)C1c1ccccc1C#N. The Kier molecular flexibility index (Phi) is 4.55. The van der Waals surface area contributed by atoms with Crippen molar-refractivity contribution in [3.63, 3.8) is 0 Å². The molecule has 1 amide bonds. The Bertz CT molecular complexity index is 594. The van der Waals surface area contributed by atoms with Gasteiger partial charge in [-0.15, -0.1) is 0 Å². The number of aliphatic carboxylic acids is 1. The third kappa shape index (κ3) is 2.88. The molecule has 2 rings (SSSR count). The van der Waals surface area contributed by atoms with Crippen molar-refractivity contribution in [3.8, 4) is 6.07 Å². The maximum atomic E-state index is 12.1. The van der Waals surface area contributed by atoms with Crippen LogP contribution in [0.4, 0.5) is 0 Å². The largest absolute Gasteiger partial charge is 0.479 e. The van der Waals surface area contributed by atoms with Crippen molar-refractivity contribution in [1.82, 2.24) is 4.90 Å². The van der Waals surface area contributed by atoms with E-state index >= 15 is 0 Å². The van der Waals surface area contributed by atoms with E-state index in [1.165, 1.54) is 4.90 Å². The molecule has 1 aromatic carbocycles. The normalized spacial score (nSPS) is 21.9. The molecule has 1 aliphatic rings. The molecule has 2 atom stereocenters. The molecule has 0 radical (unpaired) electrons. The lowest BCUT2D eigenvalue weighted by Gasteiger charge is -2.39. The lowest BCUT2D eigenvalue weighted by molar-refractivity contribution is -0.173. The standard InChI is InChI=1S/C15H16N2O4/c1-2-7-17-12(18)9-21-14(15(19)20)13(17)11-6-4-3-5-10(11)8-16/h3-6,13-14H,2,7,9H2,1H3,(H,19,20). The van der Waals surface area contributed by atoms with Gasteiger partial charge >= 0.3 is 5.97 Å². The lowest BCUT2D eigenvalue weighted by Crippen LogP contribution is -2.52. The van der Waals surface area contributed by atoms with Crippen LogP contribution in [0.3, 0.4) is 0 Å². The summed E-state index contributed by atoms with van der Waals surface area (Å²) in [6.45, 7) is 2.09. The van der Waals surface area contributed by atoms with Gasteiger partial charge in [0.15, 0.2) is 6.10 Å². The number of nitriles is 1. The zero-order chi connectivity index (χ0) is 15.4. The van der Waals surface area contributed by atoms with Gasteiger partial charge in [-0.2, -0.15) is 5.26 Å². The van der Waals surface area contributed by atoms with Crippen LogP contribution in [0.25, 0.3) is 0 Å². The molecule has 0 bridgehead atoms. The minimum Gasteiger partial charge on any atom is -0.479 e. The highest BCUT2D eigenvalue weighted by atomic mass is 16.5. The highest BCUT2D eigenvalue weighted by Gasteiger charge is 2.42. The monoisotopic (exact) mass is 288 g/mol. The number of benzene rings is 1. The van der Waals surface area contributed by atoms with E-state index in [-0.39, 0.29) is 12.5 Å². The summed E-state index contributed by atoms with van der Waals surface area (Å²) in [6, 6.07) is 7.97. The van der Waals surface area contributed by atoms with Crippen LogP contribution in [0, 0.1) is 11.3 Å². The lowest BCUT2D eigenvalue weighted by atomic mass is 9.93. The topological polar surface area (TPSA) is 90.6 Å². The van der Waals surface area contributed by atoms with Crippen molar-refractivity contribution in [2.75, 3.05) is 13.2 Å². The van der Waals surface area contributed by atoms with Gasteiger partial charge in [0.05, 0.1) is 17.7 Å². The van der Waals surface area contributed by atoms with Crippen LogP contribution in [0.15, 0.2) is 24.3 Å². The second-order valence-electron chi connectivity index (χ2n) is 4.80. The molecule has 0 spiro atoms. The summed E-state index contributed by atoms with van der Waals surface area (Å²) in [6.07, 6.45) is -0.465. The molecule has 1 heterocycles. The molecule has 2 unspecified atom stereocenters. The Morgan fingerprint density at radius 1 is 1.52 bits per heavy atom. The van der Waals surface area contributed by atoms with Crippen LogP contribution in [0.2, 0.25) is 0 Å². The number of carbonyl (C=O) groups is 2. The summed E-state index contributed by atoms with van der Waals surface area (Å²) in [5.74, 6) is -1.39. The fraction of sp³-hybridized carbons (Fsp3) is 0.400. The van der Waals surface area contributed by atoms with Gasteiger partial charge in [-0.25, -0.2) is 4.79 Å². The first kappa shape index (κ1) is 15.0. The Hall–Kier alpha value is -2.39. The van der Waals surface area contributed by atoms with E-state index in [0.717, 1.165) is 0 Å². The Morgan fingerprint density at radius 2 is 2.24 bits per heavy atom. The number of rotatable bonds is 4. The summed E-state index contributed by atoms with van der Waals surface area (Å²) in [4.78, 5) is 25.0. The first-order valence-electron chi connectivity index (χ1n) is 6.73. The Balaban J connectivity index is 2.52. The van der Waals surface area contributed by atoms with E-state index in [1.807, 2.05) is 13.0 Å². The highest BCUT2D eigenvalue weighted by Crippen LogP contribution is 2.32. The number of morpholine rings is 1. The summed E-state index contributed by atoms with van der Waals surface area (Å²) < 4.78 is 5.19. The summed E-state index contributed by atoms with van der Waals surface area (Å²) in [7, 11) is 0. The number of carboxylic acid groups (broad SMARTS) is 1. The van der Waals surface area contributed by atoms with Gasteiger partial charge in [-0.05, 0) is 18.1 Å². The van der Waals surface area contributed by atoms with E-state index in [9.17, 15) is 20.0 Å². The molecule has 110 valence electrons. The van der Waals surface area contributed by atoms with Crippen LogP contribution in [0.1, 0.15) is 30.5 Å². The van der Waals surface area contributed by atoms with Crippen LogP contribution in [-0.4, -0.2) is 41.1 Å². The van der Waals surface area contributed by atoms with Crippen molar-refractivity contribution >= 4 is 11.9 Å². The number of amides is 1. The molecule has 1 N–H and O–H groups in total. The van der Waals surface area contributed by atoms with Crippen LogP contribution >= 0.6 is 0 Å². The highest BCUT2D eigenvalue weighted by molar-refractivity contribution is 5.83. The zero-order valence-electron chi connectivity index (χ0n) is 11.7. The first-order chi connectivity index (χ1) is 10.1. The third-order valence-electron chi connectivity index (χ3n) is 3.44. The first-order valence-corrected chi connectivity index (χ1v) is 6.73. The number of hydrogen-bond donors (Lipinski definition) is 1. The number of carbonyl (C=O) groups excluding carboxylic acids is 1. The fourth-order valence-corrected chi connectivity index (χ4v) is 2.55. The molecule has 1 aliphatic heterocycles. The zero-order valence-corrected chi connectivity index (χ0v) is 11.7. The molecule has 0 aliphatic carbocycles. The predicted octanol–water partition coefficient (Wildman–Crippen LogP) is 1.32. The number of ether oxygens (including phenoxy) is 1. The van der Waals surface area contributed by atoms with Crippen molar-refractivity contribution in [3.05, 3.63) is 35.4 Å². The van der Waals surface area contributed by atoms with E-state index in [4.69, 9.17) is 4.74 Å². The Morgan fingerprint density at radius 3 is 2.86 bits per heavy atom. The van der Waals surface area contributed by atoms with E-state index in [2.05, 4.69) is 0 Å². The minimum atomic E-state index is -1.16. The quantitative estimate of drug-likeness (QED) is 0.902. The molecule has 1 fully saturated rings. The predicted molar refractivity (Wildman–Crippen MR) is 73.3 cm³/mol. The number of nitrogens with zero attached hydrogens (tertiary/aromatic N) is 2. The molecule has 1 aromatic rings. The van der Waals surface area contributed by atoms with E-state index in [0.29, 0.717) is 24.1 Å². The average molecular weight is 288 g/mol. The molecule has 0 aromatic heterocycles. The second-order valence-corrected chi connectivity index (χ2v) is 4.80. The molecular weight excluding hydrogens is 272 g/mol. The summed E-state index contributed by atoms with van der Waals surface area (Å²) >= 11 is 0. The van der Waals surface area contributed by atoms with Crippen molar-refractivity contribution < 1.29 is 19.4 Å². The van der Waals surface area contributed by atoms with E-state index < -0.39 is 18.1 Å². The van der Waals surface area contributed by atoms with Gasteiger partial charge in [-0.1, -0.05) is 25.1 Å². The van der Waals surface area contributed by atoms with E-state index in [1.54, 1.807) is 24.3 Å². The maximum Gasteiger partial charge on any atom is 0.335 e. The molecule has 1 saturated heterocycles. The van der Waals surface area contributed by atoms with Gasteiger partial charge in [0.25, 0.3) is 0 Å². The molecule has 21 heavy (non-hydrogen) atoms. The van der Waals surface area contributed by atoms with Crippen LogP contribution in [0.5, 0.6) is 0 Å². The number of hydrogen-bond acceptors (Lipinski definition) is 4. The summed E-state index contributed by atoms with van der Waals surface area (Å²) in [5.41, 5.74) is 0.863. The minimum absolute atomic E-state index is 0.248. The van der Waals surface area contributed by atoms with Gasteiger partial charge in [0.1, 0.15) is 6.61 Å². The summed E-state index contributed by atoms with van der Waals surface area (Å²) in [5, 5.41) is 18.6. The van der Waals surface area contributed by atoms with Gasteiger partial charge in [0, 0.05) is 6.54 Å². The average Bonchev–Trinajstić information content (AvgIpc) is 2.49. The molecular formula is C15H16N2O4. The smallest absolute Gasteiger partial charge is 0.335 e. The third-order valence-corrected chi connectivity index (χ3v) is 3.44. The van der Waals surface area contributed by atoms with Crippen LogP contribution in [-0.2, 0) is 14.3 Å². The molecule has 0 saturated carbocycles. The van der Waals surface area contributed by atoms with Crippen molar-refractivity contribution in [2.45, 2.75) is 25.5 Å². The number of carboxylic acids is 1.